The van der Waals surface area contributed by atoms with Crippen LogP contribution in [-0.2, 0) is 0 Å². The molecule has 4 aromatic rings. The molecule has 3 nitrogen and oxygen atoms in total. The monoisotopic (exact) mass is 416 g/mol. The normalized spacial score (nSPS) is 11.1. The van der Waals surface area contributed by atoms with E-state index in [1.54, 1.807) is 0 Å². The molecule has 0 unspecified atom stereocenters. The Morgan fingerprint density at radius 3 is 2.30 bits per heavy atom. The molecule has 0 amide bonds. The molecule has 4 heteroatoms. The summed E-state index contributed by atoms with van der Waals surface area (Å²) in [7, 11) is 0. The second-order valence-corrected chi connectivity index (χ2v) is 8.34. The average Bonchev–Trinajstić information content (AvgIpc) is 3.13. The Hall–Kier alpha value is -3.11. The average molecular weight is 417 g/mol. The molecule has 0 spiro atoms. The van der Waals surface area contributed by atoms with E-state index >= 15 is 0 Å². The molecule has 0 aliphatic heterocycles. The Bertz CT molecular complexity index is 1160. The van der Waals surface area contributed by atoms with Crippen LogP contribution in [0.3, 0.4) is 0 Å². The summed E-state index contributed by atoms with van der Waals surface area (Å²) in [4.78, 5) is 14.2. The number of ketones is 1. The van der Waals surface area contributed by atoms with Gasteiger partial charge in [-0.1, -0.05) is 30.3 Å². The highest BCUT2D eigenvalue weighted by atomic mass is 32.1. The fraction of sp³-hybridized carbons (Fsp3) is 0.192. The van der Waals surface area contributed by atoms with E-state index in [-0.39, 0.29) is 11.9 Å². The highest BCUT2D eigenvalue weighted by Crippen LogP contribution is 2.41. The largest absolute Gasteiger partial charge is 0.494 e. The lowest BCUT2D eigenvalue weighted by Gasteiger charge is -2.10. The first-order valence-electron chi connectivity index (χ1n) is 10.1. The standard InChI is InChI=1S/C26H24O3S/c1-4-28-21-14-15-23-22(16-21)24(18-8-6-5-7-9-18)26(30-23)25(27)19-10-12-20(13-11-19)29-17(2)3/h5-17H,4H2,1-3H3. The van der Waals surface area contributed by atoms with Gasteiger partial charge in [0.05, 0.1) is 17.6 Å². The summed E-state index contributed by atoms with van der Waals surface area (Å²) in [6.45, 7) is 6.54. The summed E-state index contributed by atoms with van der Waals surface area (Å²) in [6.07, 6.45) is 0.0957. The molecule has 3 aromatic carbocycles. The van der Waals surface area contributed by atoms with Crippen molar-refractivity contribution in [3.05, 3.63) is 83.2 Å². The van der Waals surface area contributed by atoms with E-state index in [1.165, 1.54) is 11.3 Å². The summed E-state index contributed by atoms with van der Waals surface area (Å²) < 4.78 is 12.5. The van der Waals surface area contributed by atoms with Crippen LogP contribution >= 0.6 is 11.3 Å². The number of fused-ring (bicyclic) bond motifs is 1. The zero-order valence-electron chi connectivity index (χ0n) is 17.3. The van der Waals surface area contributed by atoms with E-state index in [4.69, 9.17) is 9.47 Å². The van der Waals surface area contributed by atoms with Gasteiger partial charge in [0, 0.05) is 21.2 Å². The summed E-state index contributed by atoms with van der Waals surface area (Å²) >= 11 is 1.53. The third kappa shape index (κ3) is 4.10. The quantitative estimate of drug-likeness (QED) is 0.305. The smallest absolute Gasteiger partial charge is 0.203 e. The van der Waals surface area contributed by atoms with Crippen LogP contribution in [0.15, 0.2) is 72.8 Å². The van der Waals surface area contributed by atoms with E-state index in [0.717, 1.165) is 37.6 Å². The predicted octanol–water partition coefficient (Wildman–Crippen LogP) is 6.99. The van der Waals surface area contributed by atoms with Crippen molar-refractivity contribution in [2.75, 3.05) is 6.61 Å². The fourth-order valence-corrected chi connectivity index (χ4v) is 4.64. The SMILES string of the molecule is CCOc1ccc2sc(C(=O)c3ccc(OC(C)C)cc3)c(-c3ccccc3)c2c1. The molecule has 0 radical (unpaired) electrons. The zero-order chi connectivity index (χ0) is 21.1. The van der Waals surface area contributed by atoms with Gasteiger partial charge in [0.25, 0.3) is 0 Å². The molecule has 0 aliphatic rings. The van der Waals surface area contributed by atoms with Crippen molar-refractivity contribution < 1.29 is 14.3 Å². The third-order valence-corrected chi connectivity index (χ3v) is 5.90. The van der Waals surface area contributed by atoms with E-state index < -0.39 is 0 Å². The molecule has 1 heterocycles. The fourth-order valence-electron chi connectivity index (χ4n) is 3.47. The molecule has 0 aliphatic carbocycles. The number of hydrogen-bond acceptors (Lipinski definition) is 4. The van der Waals surface area contributed by atoms with Crippen molar-refractivity contribution in [2.24, 2.45) is 0 Å². The minimum Gasteiger partial charge on any atom is -0.494 e. The number of hydrogen-bond donors (Lipinski definition) is 0. The molecule has 152 valence electrons. The minimum absolute atomic E-state index is 0.0177. The maximum atomic E-state index is 13.5. The first kappa shape index (κ1) is 20.2. The predicted molar refractivity (Wildman–Crippen MR) is 124 cm³/mol. The molecular formula is C26H24O3S. The van der Waals surface area contributed by atoms with Crippen LogP contribution in [-0.4, -0.2) is 18.5 Å². The molecule has 30 heavy (non-hydrogen) atoms. The van der Waals surface area contributed by atoms with Gasteiger partial charge in [-0.3, -0.25) is 4.79 Å². The van der Waals surface area contributed by atoms with Gasteiger partial charge in [-0.05, 0) is 68.8 Å². The van der Waals surface area contributed by atoms with Crippen molar-refractivity contribution in [3.8, 4) is 22.6 Å². The molecule has 0 saturated carbocycles. The Morgan fingerprint density at radius 2 is 1.63 bits per heavy atom. The summed E-state index contributed by atoms with van der Waals surface area (Å²) in [6, 6.07) is 23.5. The first-order chi connectivity index (χ1) is 14.6. The lowest BCUT2D eigenvalue weighted by Crippen LogP contribution is -2.06. The highest BCUT2D eigenvalue weighted by molar-refractivity contribution is 7.21. The van der Waals surface area contributed by atoms with Gasteiger partial charge in [0.15, 0.2) is 0 Å². The van der Waals surface area contributed by atoms with E-state index in [1.807, 2.05) is 93.6 Å². The molecule has 1 aromatic heterocycles. The molecule has 0 saturated heterocycles. The van der Waals surface area contributed by atoms with Crippen LogP contribution < -0.4 is 9.47 Å². The van der Waals surface area contributed by atoms with Gasteiger partial charge in [-0.15, -0.1) is 11.3 Å². The number of benzene rings is 3. The minimum atomic E-state index is 0.0177. The van der Waals surface area contributed by atoms with E-state index in [2.05, 4.69) is 0 Å². The maximum absolute atomic E-state index is 13.5. The number of carbonyl (C=O) groups excluding carboxylic acids is 1. The number of ether oxygens (including phenoxy) is 2. The van der Waals surface area contributed by atoms with Crippen LogP contribution in [0.1, 0.15) is 36.0 Å². The Labute approximate surface area is 180 Å². The van der Waals surface area contributed by atoms with Crippen LogP contribution in [0, 0.1) is 0 Å². The number of rotatable bonds is 7. The van der Waals surface area contributed by atoms with E-state index in [9.17, 15) is 4.79 Å². The van der Waals surface area contributed by atoms with Crippen molar-refractivity contribution in [1.29, 1.82) is 0 Å². The summed E-state index contributed by atoms with van der Waals surface area (Å²) in [5.41, 5.74) is 2.64. The van der Waals surface area contributed by atoms with Crippen molar-refractivity contribution in [2.45, 2.75) is 26.9 Å². The topological polar surface area (TPSA) is 35.5 Å². The van der Waals surface area contributed by atoms with Gasteiger partial charge in [-0.25, -0.2) is 0 Å². The van der Waals surface area contributed by atoms with Gasteiger partial charge in [-0.2, -0.15) is 0 Å². The second-order valence-electron chi connectivity index (χ2n) is 7.28. The van der Waals surface area contributed by atoms with Crippen LogP contribution in [0.5, 0.6) is 11.5 Å². The van der Waals surface area contributed by atoms with Crippen molar-refractivity contribution in [3.63, 3.8) is 0 Å². The number of carbonyl (C=O) groups is 1. The molecule has 0 fully saturated rings. The number of thiophene rings is 1. The second kappa shape index (κ2) is 8.72. The molecule has 4 rings (SSSR count). The van der Waals surface area contributed by atoms with Crippen LogP contribution in [0.4, 0.5) is 0 Å². The molecular weight excluding hydrogens is 392 g/mol. The Kier molecular flexibility index (Phi) is 5.86. The Balaban J connectivity index is 1.82. The van der Waals surface area contributed by atoms with Crippen molar-refractivity contribution in [1.82, 2.24) is 0 Å². The zero-order valence-corrected chi connectivity index (χ0v) is 18.2. The van der Waals surface area contributed by atoms with E-state index in [0.29, 0.717) is 12.2 Å². The molecule has 0 N–H and O–H groups in total. The molecule has 0 atom stereocenters. The lowest BCUT2D eigenvalue weighted by molar-refractivity contribution is 0.104. The van der Waals surface area contributed by atoms with Gasteiger partial charge < -0.3 is 9.47 Å². The maximum Gasteiger partial charge on any atom is 0.203 e. The lowest BCUT2D eigenvalue weighted by atomic mass is 9.98. The van der Waals surface area contributed by atoms with Gasteiger partial charge in [0.1, 0.15) is 11.5 Å². The Morgan fingerprint density at radius 1 is 0.933 bits per heavy atom. The van der Waals surface area contributed by atoms with Crippen molar-refractivity contribution >= 4 is 27.2 Å². The first-order valence-corrected chi connectivity index (χ1v) is 10.9. The van der Waals surface area contributed by atoms with Gasteiger partial charge in [0.2, 0.25) is 5.78 Å². The van der Waals surface area contributed by atoms with Crippen LogP contribution in [0.2, 0.25) is 0 Å². The van der Waals surface area contributed by atoms with Crippen LogP contribution in [0.25, 0.3) is 21.2 Å². The highest BCUT2D eigenvalue weighted by Gasteiger charge is 2.21. The van der Waals surface area contributed by atoms with Gasteiger partial charge >= 0.3 is 0 Å². The summed E-state index contributed by atoms with van der Waals surface area (Å²) in [5, 5.41) is 1.04. The molecule has 0 bridgehead atoms. The summed E-state index contributed by atoms with van der Waals surface area (Å²) in [5.74, 6) is 1.60. The third-order valence-electron chi connectivity index (χ3n) is 4.73.